The van der Waals surface area contributed by atoms with E-state index in [1.165, 1.54) is 4.90 Å². The number of aromatic hydroxyl groups is 1. The largest absolute Gasteiger partial charge is 0.507 e. The van der Waals surface area contributed by atoms with Gasteiger partial charge in [-0.25, -0.2) is 0 Å². The minimum absolute atomic E-state index is 0.121. The number of fused-ring (bicyclic) bond motifs is 2. The number of amides is 2. The molecule has 2 amide bonds. The van der Waals surface area contributed by atoms with Crippen molar-refractivity contribution in [2.24, 2.45) is 11.8 Å². The highest BCUT2D eigenvalue weighted by Gasteiger charge is 2.58. The van der Waals surface area contributed by atoms with E-state index in [4.69, 9.17) is 4.74 Å². The second kappa shape index (κ2) is 5.57. The van der Waals surface area contributed by atoms with Crippen molar-refractivity contribution >= 4 is 17.5 Å². The third kappa shape index (κ3) is 2.87. The summed E-state index contributed by atoms with van der Waals surface area (Å²) < 4.78 is 5.54. The first-order chi connectivity index (χ1) is 12.4. The third-order valence-corrected chi connectivity index (χ3v) is 6.19. The van der Waals surface area contributed by atoms with Crippen LogP contribution in [0, 0.1) is 11.8 Å². The van der Waals surface area contributed by atoms with Crippen LogP contribution in [0.25, 0.3) is 0 Å². The van der Waals surface area contributed by atoms with Crippen molar-refractivity contribution in [1.29, 1.82) is 0 Å². The van der Waals surface area contributed by atoms with Crippen LogP contribution < -0.4 is 4.90 Å². The summed E-state index contributed by atoms with van der Waals surface area (Å²) in [6.07, 6.45) is 1.59. The van der Waals surface area contributed by atoms with Gasteiger partial charge in [0.1, 0.15) is 5.75 Å². The number of nitrogens with zero attached hydrogens (tertiary/aromatic N) is 1. The Morgan fingerprint density at radius 3 is 1.67 bits per heavy atom. The third-order valence-electron chi connectivity index (χ3n) is 6.19. The Morgan fingerprint density at radius 2 is 1.30 bits per heavy atom. The van der Waals surface area contributed by atoms with Crippen molar-refractivity contribution in [2.45, 2.75) is 77.4 Å². The molecular weight excluding hydrogens is 342 g/mol. The number of rotatable bonds is 1. The summed E-state index contributed by atoms with van der Waals surface area (Å²) in [6.45, 7) is 12.1. The molecule has 0 radical (unpaired) electrons. The molecule has 4 rings (SSSR count). The molecule has 1 aromatic carbocycles. The standard InChI is InChI=1S/C22H29NO4/c1-21(2,3)14-7-11(8-15(18(14)24)22(4,5)6)23-19(25)12-9-16-17(27-16)10-13(12)20(23)26/h7-8,12-13,16-17,24H,9-10H2,1-6H3. The van der Waals surface area contributed by atoms with E-state index in [2.05, 4.69) is 0 Å². The van der Waals surface area contributed by atoms with Gasteiger partial charge >= 0.3 is 0 Å². The van der Waals surface area contributed by atoms with Crippen LogP contribution in [0.5, 0.6) is 5.75 Å². The maximum absolute atomic E-state index is 13.1. The Kier molecular flexibility index (Phi) is 3.81. The van der Waals surface area contributed by atoms with Crippen molar-refractivity contribution < 1.29 is 19.4 Å². The molecule has 1 N–H and O–H groups in total. The van der Waals surface area contributed by atoms with Crippen LogP contribution in [0.2, 0.25) is 0 Å². The van der Waals surface area contributed by atoms with Crippen LogP contribution in [-0.2, 0) is 25.2 Å². The Labute approximate surface area is 160 Å². The van der Waals surface area contributed by atoms with Crippen LogP contribution in [0.1, 0.15) is 65.5 Å². The summed E-state index contributed by atoms with van der Waals surface area (Å²) in [6, 6.07) is 3.63. The van der Waals surface area contributed by atoms with Crippen LogP contribution in [-0.4, -0.2) is 29.1 Å². The monoisotopic (exact) mass is 371 g/mol. The van der Waals surface area contributed by atoms with E-state index in [0.29, 0.717) is 18.5 Å². The van der Waals surface area contributed by atoms with Gasteiger partial charge in [-0.3, -0.25) is 14.5 Å². The van der Waals surface area contributed by atoms with Crippen LogP contribution in [0.15, 0.2) is 12.1 Å². The maximum Gasteiger partial charge on any atom is 0.237 e. The number of carbonyl (C=O) groups is 2. The molecule has 4 atom stereocenters. The average molecular weight is 371 g/mol. The number of phenols is 1. The zero-order chi connectivity index (χ0) is 19.9. The number of phenolic OH excluding ortho intramolecular Hbond substituents is 1. The topological polar surface area (TPSA) is 70.1 Å². The number of ether oxygens (including phenoxy) is 1. The second-order valence-electron chi connectivity index (χ2n) is 10.3. The molecule has 146 valence electrons. The number of anilines is 1. The molecule has 1 aliphatic carbocycles. The second-order valence-corrected chi connectivity index (χ2v) is 10.3. The predicted molar refractivity (Wildman–Crippen MR) is 103 cm³/mol. The molecule has 3 aliphatic rings. The van der Waals surface area contributed by atoms with Crippen LogP contribution in [0.4, 0.5) is 5.69 Å². The van der Waals surface area contributed by atoms with Gasteiger partial charge in [-0.1, -0.05) is 41.5 Å². The zero-order valence-corrected chi connectivity index (χ0v) is 17.0. The van der Waals surface area contributed by atoms with Gasteiger partial charge < -0.3 is 9.84 Å². The smallest absolute Gasteiger partial charge is 0.237 e. The molecule has 1 saturated carbocycles. The van der Waals surface area contributed by atoms with Crippen LogP contribution in [0.3, 0.4) is 0 Å². The summed E-state index contributed by atoms with van der Waals surface area (Å²) >= 11 is 0. The summed E-state index contributed by atoms with van der Waals surface area (Å²) in [5.41, 5.74) is 1.47. The molecule has 3 fully saturated rings. The lowest BCUT2D eigenvalue weighted by Gasteiger charge is -2.29. The van der Waals surface area contributed by atoms with Gasteiger partial charge in [0.15, 0.2) is 0 Å². The number of imide groups is 1. The molecule has 0 bridgehead atoms. The molecule has 1 aromatic rings. The van der Waals surface area contributed by atoms with Crippen molar-refractivity contribution in [1.82, 2.24) is 0 Å². The summed E-state index contributed by atoms with van der Waals surface area (Å²) in [4.78, 5) is 27.6. The number of carbonyl (C=O) groups excluding carboxylic acids is 2. The molecule has 2 saturated heterocycles. The van der Waals surface area contributed by atoms with Crippen LogP contribution >= 0.6 is 0 Å². The normalized spacial score (nSPS) is 30.4. The molecule has 2 heterocycles. The Balaban J connectivity index is 1.81. The number of hydrogen-bond donors (Lipinski definition) is 1. The van der Waals surface area contributed by atoms with Gasteiger partial charge in [0.2, 0.25) is 11.8 Å². The summed E-state index contributed by atoms with van der Waals surface area (Å²) in [5, 5.41) is 10.9. The fourth-order valence-corrected chi connectivity index (χ4v) is 4.56. The molecule has 2 aliphatic heterocycles. The van der Waals surface area contributed by atoms with Gasteiger partial charge in [-0.2, -0.15) is 0 Å². The number of benzene rings is 1. The summed E-state index contributed by atoms with van der Waals surface area (Å²) in [5.74, 6) is -0.531. The van der Waals surface area contributed by atoms with E-state index >= 15 is 0 Å². The van der Waals surface area contributed by atoms with Gasteiger partial charge in [0.05, 0.1) is 29.7 Å². The molecule has 4 unspecified atom stereocenters. The highest BCUT2D eigenvalue weighted by Crippen LogP contribution is 2.49. The first-order valence-corrected chi connectivity index (χ1v) is 9.81. The van der Waals surface area contributed by atoms with Gasteiger partial charge in [0, 0.05) is 11.1 Å². The Bertz CT molecular complexity index is 767. The predicted octanol–water partition coefficient (Wildman–Crippen LogP) is 3.65. The lowest BCUT2D eigenvalue weighted by Crippen LogP contribution is -2.32. The SMILES string of the molecule is CC(C)(C)c1cc(N2C(=O)C3CC4OC4CC3C2=O)cc(C(C)(C)C)c1O. The fourth-order valence-electron chi connectivity index (χ4n) is 4.56. The molecule has 5 nitrogen and oxygen atoms in total. The van der Waals surface area contributed by atoms with Crippen molar-refractivity contribution in [3.05, 3.63) is 23.3 Å². The quantitative estimate of drug-likeness (QED) is 0.604. The molecule has 5 heteroatoms. The average Bonchev–Trinajstić information content (AvgIpc) is 3.26. The van der Waals surface area contributed by atoms with E-state index in [1.54, 1.807) is 0 Å². The summed E-state index contributed by atoms with van der Waals surface area (Å²) in [7, 11) is 0. The van der Waals surface area contributed by atoms with E-state index < -0.39 is 0 Å². The van der Waals surface area contributed by atoms with Gasteiger partial charge in [-0.05, 0) is 35.8 Å². The minimum atomic E-state index is -0.311. The van der Waals surface area contributed by atoms with Gasteiger partial charge in [0.25, 0.3) is 0 Å². The molecule has 0 aromatic heterocycles. The number of epoxide rings is 1. The molecular formula is C22H29NO4. The lowest BCUT2D eigenvalue weighted by molar-refractivity contribution is -0.122. The molecule has 0 spiro atoms. The van der Waals surface area contributed by atoms with Crippen molar-refractivity contribution in [2.75, 3.05) is 4.90 Å². The molecule has 27 heavy (non-hydrogen) atoms. The maximum atomic E-state index is 13.1. The first-order valence-electron chi connectivity index (χ1n) is 9.81. The highest BCUT2D eigenvalue weighted by molar-refractivity contribution is 6.22. The minimum Gasteiger partial charge on any atom is -0.507 e. The first kappa shape index (κ1) is 18.5. The Morgan fingerprint density at radius 1 is 0.889 bits per heavy atom. The number of hydrogen-bond acceptors (Lipinski definition) is 4. The lowest BCUT2D eigenvalue weighted by atomic mass is 9.79. The van der Waals surface area contributed by atoms with E-state index in [0.717, 1.165) is 11.1 Å². The van der Waals surface area contributed by atoms with Gasteiger partial charge in [-0.15, -0.1) is 0 Å². The zero-order valence-electron chi connectivity index (χ0n) is 17.0. The van der Waals surface area contributed by atoms with Crippen molar-refractivity contribution in [3.8, 4) is 5.75 Å². The highest BCUT2D eigenvalue weighted by atomic mass is 16.6. The fraction of sp³-hybridized carbons (Fsp3) is 0.636. The van der Waals surface area contributed by atoms with E-state index in [9.17, 15) is 14.7 Å². The van der Waals surface area contributed by atoms with Crippen molar-refractivity contribution in [3.63, 3.8) is 0 Å². The van der Waals surface area contributed by atoms with E-state index in [-0.39, 0.29) is 52.4 Å². The Hall–Kier alpha value is -1.88. The van der Waals surface area contributed by atoms with E-state index in [1.807, 2.05) is 53.7 Å².